The Hall–Kier alpha value is -2.99. The molecule has 0 radical (unpaired) electrons. The quantitative estimate of drug-likeness (QED) is 0.699. The fourth-order valence-corrected chi connectivity index (χ4v) is 2.97. The van der Waals surface area contributed by atoms with E-state index in [2.05, 4.69) is 15.7 Å². The molecule has 2 N–H and O–H groups in total. The van der Waals surface area contributed by atoms with E-state index in [0.717, 1.165) is 16.8 Å². The SMILES string of the molecule is COc1ccc(NC(=O)Nc2cccc(C)c2)cc1-c1c(Cl)cnn1C. The van der Waals surface area contributed by atoms with E-state index >= 15 is 0 Å². The minimum absolute atomic E-state index is 0.331. The molecule has 0 aliphatic rings. The third kappa shape index (κ3) is 3.81. The number of carbonyl (C=O) groups excluding carboxylic acids is 1. The van der Waals surface area contributed by atoms with E-state index in [1.165, 1.54) is 0 Å². The molecule has 0 unspecified atom stereocenters. The molecule has 3 aromatic rings. The van der Waals surface area contributed by atoms with Gasteiger partial charge in [0.15, 0.2) is 0 Å². The fraction of sp³-hybridized carbons (Fsp3) is 0.158. The molecular formula is C19H19ClN4O2. The van der Waals surface area contributed by atoms with Crippen LogP contribution in [0.15, 0.2) is 48.7 Å². The van der Waals surface area contributed by atoms with Gasteiger partial charge in [-0.1, -0.05) is 23.7 Å². The van der Waals surface area contributed by atoms with Crippen molar-refractivity contribution in [3.8, 4) is 17.0 Å². The summed E-state index contributed by atoms with van der Waals surface area (Å²) in [5, 5.41) is 10.3. The van der Waals surface area contributed by atoms with E-state index in [4.69, 9.17) is 16.3 Å². The summed E-state index contributed by atoms with van der Waals surface area (Å²) < 4.78 is 7.08. The van der Waals surface area contributed by atoms with Crippen molar-refractivity contribution >= 4 is 29.0 Å². The highest BCUT2D eigenvalue weighted by atomic mass is 35.5. The van der Waals surface area contributed by atoms with E-state index in [9.17, 15) is 4.79 Å². The molecule has 1 aromatic heterocycles. The van der Waals surface area contributed by atoms with Gasteiger partial charge in [-0.05, 0) is 42.8 Å². The van der Waals surface area contributed by atoms with Crippen LogP contribution in [0.1, 0.15) is 5.56 Å². The van der Waals surface area contributed by atoms with E-state index in [0.29, 0.717) is 22.2 Å². The van der Waals surface area contributed by atoms with Gasteiger partial charge in [0.1, 0.15) is 5.75 Å². The van der Waals surface area contributed by atoms with Gasteiger partial charge in [-0.3, -0.25) is 4.68 Å². The topological polar surface area (TPSA) is 68.2 Å². The van der Waals surface area contributed by atoms with Gasteiger partial charge in [-0.2, -0.15) is 5.10 Å². The number of urea groups is 1. The minimum atomic E-state index is -0.331. The first kappa shape index (κ1) is 17.8. The first-order chi connectivity index (χ1) is 12.5. The molecule has 2 aromatic carbocycles. The Bertz CT molecular complexity index is 933. The van der Waals surface area contributed by atoms with Gasteiger partial charge >= 0.3 is 6.03 Å². The van der Waals surface area contributed by atoms with Crippen LogP contribution in [0.2, 0.25) is 5.02 Å². The number of nitrogens with zero attached hydrogens (tertiary/aromatic N) is 2. The number of aryl methyl sites for hydroxylation is 2. The molecule has 0 aliphatic carbocycles. The lowest BCUT2D eigenvalue weighted by atomic mass is 10.1. The zero-order valence-corrected chi connectivity index (χ0v) is 15.5. The summed E-state index contributed by atoms with van der Waals surface area (Å²) >= 11 is 6.25. The van der Waals surface area contributed by atoms with Crippen molar-refractivity contribution in [3.05, 3.63) is 59.2 Å². The Morgan fingerprint density at radius 2 is 1.88 bits per heavy atom. The number of anilines is 2. The highest BCUT2D eigenvalue weighted by Gasteiger charge is 2.15. The van der Waals surface area contributed by atoms with Crippen LogP contribution in [0.3, 0.4) is 0 Å². The molecule has 1 heterocycles. The summed E-state index contributed by atoms with van der Waals surface area (Å²) in [6.45, 7) is 1.97. The first-order valence-corrected chi connectivity index (χ1v) is 8.36. The van der Waals surface area contributed by atoms with Gasteiger partial charge in [0.2, 0.25) is 0 Å². The Morgan fingerprint density at radius 3 is 2.50 bits per heavy atom. The molecule has 0 atom stereocenters. The second-order valence-electron chi connectivity index (χ2n) is 5.83. The van der Waals surface area contributed by atoms with E-state index in [1.54, 1.807) is 43.2 Å². The number of halogens is 1. The number of methoxy groups -OCH3 is 1. The number of amides is 2. The predicted octanol–water partition coefficient (Wildman–Crippen LogP) is 4.70. The number of ether oxygens (including phenoxy) is 1. The summed E-state index contributed by atoms with van der Waals surface area (Å²) in [6.07, 6.45) is 1.57. The third-order valence-electron chi connectivity index (χ3n) is 3.88. The highest BCUT2D eigenvalue weighted by molar-refractivity contribution is 6.33. The Kier molecular flexibility index (Phi) is 5.14. The maximum atomic E-state index is 12.3. The Labute approximate surface area is 156 Å². The number of hydrogen-bond acceptors (Lipinski definition) is 3. The summed E-state index contributed by atoms with van der Waals surface area (Å²) in [4.78, 5) is 12.3. The largest absolute Gasteiger partial charge is 0.496 e. The van der Waals surface area contributed by atoms with Crippen molar-refractivity contribution < 1.29 is 9.53 Å². The van der Waals surface area contributed by atoms with Crippen molar-refractivity contribution in [1.29, 1.82) is 0 Å². The van der Waals surface area contributed by atoms with Crippen LogP contribution in [0, 0.1) is 6.92 Å². The number of benzene rings is 2. The van der Waals surface area contributed by atoms with Gasteiger partial charge in [0.05, 0.1) is 24.0 Å². The lowest BCUT2D eigenvalue weighted by Crippen LogP contribution is -2.19. The maximum Gasteiger partial charge on any atom is 0.323 e. The average Bonchev–Trinajstić information content (AvgIpc) is 2.93. The zero-order chi connectivity index (χ0) is 18.7. The van der Waals surface area contributed by atoms with Crippen LogP contribution in [-0.2, 0) is 7.05 Å². The third-order valence-corrected chi connectivity index (χ3v) is 4.16. The smallest absolute Gasteiger partial charge is 0.323 e. The van der Waals surface area contributed by atoms with Gasteiger partial charge in [-0.25, -0.2) is 4.79 Å². The van der Waals surface area contributed by atoms with E-state index < -0.39 is 0 Å². The van der Waals surface area contributed by atoms with Crippen LogP contribution in [0.5, 0.6) is 5.75 Å². The van der Waals surface area contributed by atoms with Gasteiger partial charge < -0.3 is 15.4 Å². The molecule has 7 heteroatoms. The second kappa shape index (κ2) is 7.49. The molecule has 0 bridgehead atoms. The summed E-state index contributed by atoms with van der Waals surface area (Å²) in [7, 11) is 3.38. The Morgan fingerprint density at radius 1 is 1.15 bits per heavy atom. The van der Waals surface area contributed by atoms with Crippen molar-refractivity contribution in [2.24, 2.45) is 7.05 Å². The monoisotopic (exact) mass is 370 g/mol. The Balaban J connectivity index is 1.85. The molecule has 6 nitrogen and oxygen atoms in total. The molecule has 0 spiro atoms. The van der Waals surface area contributed by atoms with Gasteiger partial charge in [0.25, 0.3) is 0 Å². The van der Waals surface area contributed by atoms with Crippen LogP contribution >= 0.6 is 11.6 Å². The summed E-state index contributed by atoms with van der Waals surface area (Å²) in [5.41, 5.74) is 3.87. The molecule has 0 aliphatic heterocycles. The number of rotatable bonds is 4. The lowest BCUT2D eigenvalue weighted by Gasteiger charge is -2.13. The van der Waals surface area contributed by atoms with Crippen molar-refractivity contribution in [2.45, 2.75) is 6.92 Å². The molecule has 26 heavy (non-hydrogen) atoms. The first-order valence-electron chi connectivity index (χ1n) is 7.98. The van der Waals surface area contributed by atoms with Gasteiger partial charge in [0, 0.05) is 24.0 Å². The number of carbonyl (C=O) groups is 1. The fourth-order valence-electron chi connectivity index (χ4n) is 2.70. The number of nitrogens with one attached hydrogen (secondary N) is 2. The summed E-state index contributed by atoms with van der Waals surface area (Å²) in [5.74, 6) is 0.639. The molecule has 2 amide bonds. The molecule has 134 valence electrons. The average molecular weight is 371 g/mol. The van der Waals surface area contributed by atoms with Crippen LogP contribution in [0.25, 0.3) is 11.3 Å². The van der Waals surface area contributed by atoms with E-state index in [1.807, 2.05) is 31.2 Å². The summed E-state index contributed by atoms with van der Waals surface area (Å²) in [6, 6.07) is 12.6. The molecule has 0 saturated heterocycles. The molecular weight excluding hydrogens is 352 g/mol. The number of hydrogen-bond donors (Lipinski definition) is 2. The van der Waals surface area contributed by atoms with E-state index in [-0.39, 0.29) is 6.03 Å². The molecule has 3 rings (SSSR count). The maximum absolute atomic E-state index is 12.3. The van der Waals surface area contributed by atoms with Crippen molar-refractivity contribution in [1.82, 2.24) is 9.78 Å². The van der Waals surface area contributed by atoms with Crippen molar-refractivity contribution in [2.75, 3.05) is 17.7 Å². The zero-order valence-electron chi connectivity index (χ0n) is 14.7. The van der Waals surface area contributed by atoms with Gasteiger partial charge in [-0.15, -0.1) is 0 Å². The standard InChI is InChI=1S/C19H19ClN4O2/c1-12-5-4-6-13(9-12)22-19(25)23-14-7-8-17(26-3)15(10-14)18-16(20)11-21-24(18)2/h4-11H,1-3H3,(H2,22,23,25). The second-order valence-corrected chi connectivity index (χ2v) is 6.24. The van der Waals surface area contributed by atoms with Crippen LogP contribution < -0.4 is 15.4 Å². The van der Waals surface area contributed by atoms with Crippen LogP contribution in [-0.4, -0.2) is 22.9 Å². The minimum Gasteiger partial charge on any atom is -0.496 e. The number of aromatic nitrogens is 2. The highest BCUT2D eigenvalue weighted by Crippen LogP contribution is 2.36. The molecule has 0 saturated carbocycles. The van der Waals surface area contributed by atoms with Crippen molar-refractivity contribution in [3.63, 3.8) is 0 Å². The molecule has 0 fully saturated rings. The van der Waals surface area contributed by atoms with Crippen LogP contribution in [0.4, 0.5) is 16.2 Å². The lowest BCUT2D eigenvalue weighted by molar-refractivity contribution is 0.262. The normalized spacial score (nSPS) is 10.5. The predicted molar refractivity (Wildman–Crippen MR) is 104 cm³/mol.